The predicted octanol–water partition coefficient (Wildman–Crippen LogP) is 1.59. The van der Waals surface area contributed by atoms with Crippen LogP contribution < -0.4 is 10.6 Å². The van der Waals surface area contributed by atoms with Crippen LogP contribution in [0.5, 0.6) is 0 Å². The van der Waals surface area contributed by atoms with Crippen molar-refractivity contribution in [3.05, 3.63) is 48.3 Å². The lowest BCUT2D eigenvalue weighted by Gasteiger charge is -2.16. The molecule has 0 aliphatic carbocycles. The molecule has 3 aromatic rings. The number of anilines is 1. The van der Waals surface area contributed by atoms with Crippen molar-refractivity contribution >= 4 is 28.5 Å². The Bertz CT molecular complexity index is 880. The molecular formula is C17H19N5O2. The summed E-state index contributed by atoms with van der Waals surface area (Å²) in [5.74, 6) is -0.0954. The molecule has 0 aliphatic rings. The van der Waals surface area contributed by atoms with E-state index in [9.17, 15) is 9.59 Å². The Morgan fingerprint density at radius 2 is 2.08 bits per heavy atom. The molecule has 0 unspecified atom stereocenters. The highest BCUT2D eigenvalue weighted by Crippen LogP contribution is 2.19. The fraction of sp³-hybridized carbons (Fsp3) is 0.235. The molecule has 0 radical (unpaired) electrons. The van der Waals surface area contributed by atoms with Crippen LogP contribution in [-0.4, -0.2) is 32.6 Å². The summed E-state index contributed by atoms with van der Waals surface area (Å²) >= 11 is 0. The van der Waals surface area contributed by atoms with Gasteiger partial charge in [-0.3, -0.25) is 14.3 Å². The number of carbonyl (C=O) groups excluding carboxylic acids is 2. The van der Waals surface area contributed by atoms with Gasteiger partial charge in [0.15, 0.2) is 5.82 Å². The Labute approximate surface area is 139 Å². The van der Waals surface area contributed by atoms with E-state index in [4.69, 9.17) is 0 Å². The van der Waals surface area contributed by atoms with Crippen molar-refractivity contribution < 1.29 is 9.59 Å². The third kappa shape index (κ3) is 3.45. The Morgan fingerprint density at radius 3 is 2.79 bits per heavy atom. The number of aromatic nitrogens is 3. The summed E-state index contributed by atoms with van der Waals surface area (Å²) in [7, 11) is 1.77. The standard InChI is InChI=1S/C17H19N5O2/c1-11(23)19-15(17(24)20-16-7-8-22(2)21-16)9-12-10-18-14-6-4-3-5-13(12)14/h3-8,10,15,18H,9H2,1-2H3,(H,19,23)(H,20,21,24)/t15-/m0/s1. The highest BCUT2D eigenvalue weighted by atomic mass is 16.2. The molecule has 1 aromatic carbocycles. The van der Waals surface area contributed by atoms with Crippen LogP contribution in [0, 0.1) is 0 Å². The van der Waals surface area contributed by atoms with E-state index in [0.29, 0.717) is 12.2 Å². The number of amides is 2. The minimum atomic E-state index is -0.677. The van der Waals surface area contributed by atoms with Crippen molar-refractivity contribution in [1.29, 1.82) is 0 Å². The number of nitrogens with zero attached hydrogens (tertiary/aromatic N) is 2. The van der Waals surface area contributed by atoms with Crippen molar-refractivity contribution in [3.63, 3.8) is 0 Å². The fourth-order valence-corrected chi connectivity index (χ4v) is 2.67. The van der Waals surface area contributed by atoms with E-state index in [1.807, 2.05) is 30.5 Å². The molecule has 24 heavy (non-hydrogen) atoms. The van der Waals surface area contributed by atoms with Crippen molar-refractivity contribution in [2.75, 3.05) is 5.32 Å². The second-order valence-electron chi connectivity index (χ2n) is 5.68. The maximum atomic E-state index is 12.5. The lowest BCUT2D eigenvalue weighted by atomic mass is 10.0. The SMILES string of the molecule is CC(=O)N[C@@H](Cc1c[nH]c2ccccc12)C(=O)Nc1ccn(C)n1. The average molecular weight is 325 g/mol. The molecule has 0 aliphatic heterocycles. The van der Waals surface area contributed by atoms with E-state index in [2.05, 4.69) is 20.7 Å². The van der Waals surface area contributed by atoms with Crippen molar-refractivity contribution in [2.45, 2.75) is 19.4 Å². The maximum Gasteiger partial charge on any atom is 0.248 e. The Morgan fingerprint density at radius 1 is 1.29 bits per heavy atom. The first-order valence-corrected chi connectivity index (χ1v) is 7.65. The quantitative estimate of drug-likeness (QED) is 0.665. The Hall–Kier alpha value is -3.09. The number of benzene rings is 1. The number of hydrogen-bond acceptors (Lipinski definition) is 3. The van der Waals surface area contributed by atoms with Gasteiger partial charge >= 0.3 is 0 Å². The van der Waals surface area contributed by atoms with Crippen LogP contribution in [0.15, 0.2) is 42.7 Å². The summed E-state index contributed by atoms with van der Waals surface area (Å²) in [5, 5.41) is 10.6. The van der Waals surface area contributed by atoms with E-state index in [1.165, 1.54) is 6.92 Å². The third-order valence-corrected chi connectivity index (χ3v) is 3.76. The van der Waals surface area contributed by atoms with E-state index >= 15 is 0 Å². The van der Waals surface area contributed by atoms with Gasteiger partial charge in [-0.15, -0.1) is 0 Å². The number of fused-ring (bicyclic) bond motifs is 1. The van der Waals surface area contributed by atoms with Gasteiger partial charge in [-0.1, -0.05) is 18.2 Å². The molecule has 0 fully saturated rings. The van der Waals surface area contributed by atoms with E-state index in [-0.39, 0.29) is 11.8 Å². The minimum absolute atomic E-state index is 0.254. The number of rotatable bonds is 5. The zero-order valence-electron chi connectivity index (χ0n) is 13.5. The van der Waals surface area contributed by atoms with Crippen LogP contribution in [0.2, 0.25) is 0 Å². The highest BCUT2D eigenvalue weighted by Gasteiger charge is 2.22. The number of nitrogens with one attached hydrogen (secondary N) is 3. The summed E-state index contributed by atoms with van der Waals surface area (Å²) in [6, 6.07) is 8.88. The molecule has 0 saturated carbocycles. The van der Waals surface area contributed by atoms with Crippen LogP contribution in [-0.2, 0) is 23.1 Å². The number of carbonyl (C=O) groups is 2. The van der Waals surface area contributed by atoms with E-state index in [0.717, 1.165) is 16.5 Å². The number of para-hydroxylation sites is 1. The minimum Gasteiger partial charge on any atom is -0.361 e. The largest absolute Gasteiger partial charge is 0.361 e. The molecule has 7 nitrogen and oxygen atoms in total. The van der Waals surface area contributed by atoms with Crippen molar-refractivity contribution in [3.8, 4) is 0 Å². The third-order valence-electron chi connectivity index (χ3n) is 3.76. The summed E-state index contributed by atoms with van der Waals surface area (Å²) in [5.41, 5.74) is 1.97. The molecule has 3 rings (SSSR count). The Kier molecular flexibility index (Phi) is 4.33. The molecule has 0 spiro atoms. The number of H-pyrrole nitrogens is 1. The summed E-state index contributed by atoms with van der Waals surface area (Å²) < 4.78 is 1.60. The van der Waals surface area contributed by atoms with E-state index < -0.39 is 6.04 Å². The normalized spacial score (nSPS) is 12.1. The Balaban J connectivity index is 1.80. The van der Waals surface area contributed by atoms with Crippen LogP contribution in [0.1, 0.15) is 12.5 Å². The molecule has 0 saturated heterocycles. The van der Waals surface area contributed by atoms with Crippen LogP contribution in [0.25, 0.3) is 10.9 Å². The molecule has 3 N–H and O–H groups in total. The van der Waals surface area contributed by atoms with Gasteiger partial charge in [-0.05, 0) is 11.6 Å². The molecule has 7 heteroatoms. The second-order valence-corrected chi connectivity index (χ2v) is 5.68. The van der Waals surface area contributed by atoms with Crippen LogP contribution in [0.3, 0.4) is 0 Å². The van der Waals surface area contributed by atoms with Gasteiger partial charge in [0.2, 0.25) is 11.8 Å². The lowest BCUT2D eigenvalue weighted by Crippen LogP contribution is -2.44. The van der Waals surface area contributed by atoms with Gasteiger partial charge in [-0.25, -0.2) is 0 Å². The number of hydrogen-bond donors (Lipinski definition) is 3. The molecule has 0 bridgehead atoms. The van der Waals surface area contributed by atoms with Gasteiger partial charge in [-0.2, -0.15) is 5.10 Å². The molecule has 2 aromatic heterocycles. The smallest absolute Gasteiger partial charge is 0.248 e. The first-order valence-electron chi connectivity index (χ1n) is 7.65. The molecule has 2 heterocycles. The number of aromatic amines is 1. The molecule has 124 valence electrons. The fourth-order valence-electron chi connectivity index (χ4n) is 2.67. The molecular weight excluding hydrogens is 306 g/mol. The summed E-state index contributed by atoms with van der Waals surface area (Å²) in [4.78, 5) is 27.2. The van der Waals surface area contributed by atoms with Crippen LogP contribution in [0.4, 0.5) is 5.82 Å². The lowest BCUT2D eigenvalue weighted by molar-refractivity contribution is -0.125. The second kappa shape index (κ2) is 6.57. The summed E-state index contributed by atoms with van der Waals surface area (Å²) in [6.07, 6.45) is 4.00. The first-order chi connectivity index (χ1) is 11.5. The monoisotopic (exact) mass is 325 g/mol. The summed E-state index contributed by atoms with van der Waals surface area (Å²) in [6.45, 7) is 1.40. The van der Waals surface area contributed by atoms with Gasteiger partial charge in [0, 0.05) is 49.8 Å². The predicted molar refractivity (Wildman–Crippen MR) is 91.4 cm³/mol. The van der Waals surface area contributed by atoms with Gasteiger partial charge < -0.3 is 15.6 Å². The van der Waals surface area contributed by atoms with Crippen molar-refractivity contribution in [2.24, 2.45) is 7.05 Å². The molecule has 2 amide bonds. The van der Waals surface area contributed by atoms with Crippen LogP contribution >= 0.6 is 0 Å². The first kappa shape index (κ1) is 15.8. The van der Waals surface area contributed by atoms with E-state index in [1.54, 1.807) is 24.0 Å². The number of aryl methyl sites for hydroxylation is 1. The molecule has 1 atom stereocenters. The van der Waals surface area contributed by atoms with Gasteiger partial charge in [0.05, 0.1) is 0 Å². The maximum absolute atomic E-state index is 12.5. The zero-order valence-corrected chi connectivity index (χ0v) is 13.5. The van der Waals surface area contributed by atoms with Crippen molar-refractivity contribution in [1.82, 2.24) is 20.1 Å². The average Bonchev–Trinajstić information content (AvgIpc) is 3.13. The highest BCUT2D eigenvalue weighted by molar-refractivity contribution is 5.97. The topological polar surface area (TPSA) is 91.8 Å². The zero-order chi connectivity index (χ0) is 17.1. The van der Waals surface area contributed by atoms with Gasteiger partial charge in [0.1, 0.15) is 6.04 Å². The van der Waals surface area contributed by atoms with Gasteiger partial charge in [0.25, 0.3) is 0 Å².